The molecular weight excluding hydrogens is 470 g/mol. The minimum absolute atomic E-state index is 0.00701. The van der Waals surface area contributed by atoms with E-state index in [2.05, 4.69) is 16.0 Å². The Balaban J connectivity index is 1.19. The van der Waals surface area contributed by atoms with Crippen LogP contribution >= 0.6 is 11.6 Å². The Morgan fingerprint density at radius 1 is 1.06 bits per heavy atom. The van der Waals surface area contributed by atoms with Crippen LogP contribution in [0.1, 0.15) is 47.2 Å². The van der Waals surface area contributed by atoms with Gasteiger partial charge in [0.25, 0.3) is 5.91 Å². The van der Waals surface area contributed by atoms with Gasteiger partial charge in [0.05, 0.1) is 12.0 Å². The summed E-state index contributed by atoms with van der Waals surface area (Å²) >= 11 is 6.02. The molecule has 2 aromatic carbocycles. The molecule has 4 rings (SSSR count). The van der Waals surface area contributed by atoms with Crippen molar-refractivity contribution in [1.82, 2.24) is 10.6 Å². The molecular formula is C26H30ClN3O5. The van der Waals surface area contributed by atoms with Crippen LogP contribution in [0.3, 0.4) is 0 Å². The van der Waals surface area contributed by atoms with E-state index in [4.69, 9.17) is 21.4 Å². The van der Waals surface area contributed by atoms with Gasteiger partial charge in [-0.2, -0.15) is 0 Å². The molecule has 1 aliphatic heterocycles. The second kappa shape index (κ2) is 11.0. The molecule has 1 unspecified atom stereocenters. The number of carbonyl (C=O) groups is 3. The van der Waals surface area contributed by atoms with Crippen LogP contribution in [0.15, 0.2) is 36.4 Å². The molecule has 1 fully saturated rings. The Kier molecular flexibility index (Phi) is 7.80. The van der Waals surface area contributed by atoms with Gasteiger partial charge in [-0.1, -0.05) is 11.6 Å². The van der Waals surface area contributed by atoms with Gasteiger partial charge in [-0.15, -0.1) is 0 Å². The third kappa shape index (κ3) is 6.25. The monoisotopic (exact) mass is 499 g/mol. The van der Waals surface area contributed by atoms with E-state index in [0.29, 0.717) is 61.5 Å². The van der Waals surface area contributed by atoms with Crippen molar-refractivity contribution in [2.45, 2.75) is 51.2 Å². The maximum atomic E-state index is 12.6. The Labute approximate surface area is 209 Å². The molecule has 1 heterocycles. The van der Waals surface area contributed by atoms with Crippen LogP contribution in [0, 0.1) is 12.8 Å². The zero-order valence-corrected chi connectivity index (χ0v) is 20.4. The molecule has 1 atom stereocenters. The molecule has 35 heavy (non-hydrogen) atoms. The van der Waals surface area contributed by atoms with E-state index in [0.717, 1.165) is 16.8 Å². The van der Waals surface area contributed by atoms with Crippen LogP contribution in [-0.4, -0.2) is 48.1 Å². The van der Waals surface area contributed by atoms with Crippen LogP contribution in [0.25, 0.3) is 0 Å². The SMILES string of the molecule is Cc1cc(OC2CCC(C(=O)O)CC2)ccc1C(=O)NCCNC(=O)C1Cc2cc(Cl)ccc2N1. The van der Waals surface area contributed by atoms with Gasteiger partial charge in [0.15, 0.2) is 0 Å². The van der Waals surface area contributed by atoms with Crippen molar-refractivity contribution in [1.29, 1.82) is 0 Å². The lowest BCUT2D eigenvalue weighted by Gasteiger charge is -2.27. The van der Waals surface area contributed by atoms with Crippen molar-refractivity contribution in [3.63, 3.8) is 0 Å². The topological polar surface area (TPSA) is 117 Å². The highest BCUT2D eigenvalue weighted by molar-refractivity contribution is 6.30. The van der Waals surface area contributed by atoms with Crippen LogP contribution in [0.2, 0.25) is 5.02 Å². The molecule has 2 aromatic rings. The zero-order valence-electron chi connectivity index (χ0n) is 19.6. The number of fused-ring (bicyclic) bond motifs is 1. The minimum Gasteiger partial charge on any atom is -0.490 e. The summed E-state index contributed by atoms with van der Waals surface area (Å²) in [6.07, 6.45) is 3.22. The standard InChI is InChI=1S/C26H30ClN3O5/c1-15-12-20(35-19-5-2-16(3-6-19)26(33)34)7-8-21(15)24(31)28-10-11-29-25(32)23-14-17-13-18(27)4-9-22(17)30-23/h4,7-9,12-13,16,19,23,30H,2-3,5-6,10-11,14H2,1H3,(H,28,31)(H,29,32)(H,33,34). The van der Waals surface area contributed by atoms with E-state index < -0.39 is 5.97 Å². The zero-order chi connectivity index (χ0) is 24.9. The van der Waals surface area contributed by atoms with Gasteiger partial charge in [-0.05, 0) is 80.1 Å². The Bertz CT molecular complexity index is 1110. The number of halogens is 1. The lowest BCUT2D eigenvalue weighted by molar-refractivity contribution is -0.143. The summed E-state index contributed by atoms with van der Waals surface area (Å²) in [5, 5.41) is 18.7. The third-order valence-corrected chi connectivity index (χ3v) is 6.85. The molecule has 2 aliphatic rings. The van der Waals surface area contributed by atoms with E-state index in [-0.39, 0.29) is 29.9 Å². The van der Waals surface area contributed by atoms with E-state index in [1.54, 1.807) is 18.2 Å². The normalized spacial score (nSPS) is 20.9. The van der Waals surface area contributed by atoms with Crippen molar-refractivity contribution in [2.24, 2.45) is 5.92 Å². The van der Waals surface area contributed by atoms with Gasteiger partial charge in [-0.3, -0.25) is 14.4 Å². The van der Waals surface area contributed by atoms with Crippen molar-refractivity contribution < 1.29 is 24.2 Å². The summed E-state index contributed by atoms with van der Waals surface area (Å²) in [6.45, 7) is 2.47. The number of aliphatic carboxylic acids is 1. The van der Waals surface area contributed by atoms with Crippen LogP contribution in [-0.2, 0) is 16.0 Å². The quantitative estimate of drug-likeness (QED) is 0.413. The average Bonchev–Trinajstić information content (AvgIpc) is 3.25. The molecule has 0 aromatic heterocycles. The minimum atomic E-state index is -0.736. The number of anilines is 1. The van der Waals surface area contributed by atoms with Gasteiger partial charge in [-0.25, -0.2) is 0 Å². The first kappa shape index (κ1) is 24.9. The second-order valence-electron chi connectivity index (χ2n) is 9.16. The fourth-order valence-corrected chi connectivity index (χ4v) is 4.85. The highest BCUT2D eigenvalue weighted by atomic mass is 35.5. The molecule has 8 nitrogen and oxygen atoms in total. The number of hydrogen-bond donors (Lipinski definition) is 4. The number of benzene rings is 2. The first-order valence-electron chi connectivity index (χ1n) is 11.9. The van der Waals surface area contributed by atoms with E-state index in [1.165, 1.54) is 0 Å². The third-order valence-electron chi connectivity index (χ3n) is 6.62. The molecule has 1 saturated carbocycles. The maximum Gasteiger partial charge on any atom is 0.306 e. The highest BCUT2D eigenvalue weighted by Crippen LogP contribution is 2.29. The summed E-state index contributed by atoms with van der Waals surface area (Å²) in [5.74, 6) is -0.679. The smallest absolute Gasteiger partial charge is 0.306 e. The summed E-state index contributed by atoms with van der Waals surface area (Å²) in [4.78, 5) is 36.2. The lowest BCUT2D eigenvalue weighted by Crippen LogP contribution is -2.42. The Morgan fingerprint density at radius 2 is 1.80 bits per heavy atom. The summed E-state index contributed by atoms with van der Waals surface area (Å²) in [6, 6.07) is 10.5. The number of nitrogens with one attached hydrogen (secondary N) is 3. The van der Waals surface area contributed by atoms with E-state index >= 15 is 0 Å². The van der Waals surface area contributed by atoms with Gasteiger partial charge >= 0.3 is 5.97 Å². The number of carbonyl (C=O) groups excluding carboxylic acids is 2. The van der Waals surface area contributed by atoms with Crippen LogP contribution in [0.4, 0.5) is 5.69 Å². The van der Waals surface area contributed by atoms with Gasteiger partial charge in [0.2, 0.25) is 5.91 Å². The summed E-state index contributed by atoms with van der Waals surface area (Å²) < 4.78 is 6.02. The number of aryl methyl sites for hydroxylation is 1. The molecule has 2 amide bonds. The largest absolute Gasteiger partial charge is 0.490 e. The van der Waals surface area contributed by atoms with Gasteiger partial charge < -0.3 is 25.8 Å². The van der Waals surface area contributed by atoms with Crippen LogP contribution < -0.4 is 20.7 Å². The van der Waals surface area contributed by atoms with Crippen molar-refractivity contribution in [2.75, 3.05) is 18.4 Å². The highest BCUT2D eigenvalue weighted by Gasteiger charge is 2.28. The van der Waals surface area contributed by atoms with Gasteiger partial charge in [0, 0.05) is 35.8 Å². The molecule has 1 aliphatic carbocycles. The van der Waals surface area contributed by atoms with E-state index in [1.807, 2.05) is 25.1 Å². The fourth-order valence-electron chi connectivity index (χ4n) is 4.65. The molecule has 4 N–H and O–H groups in total. The van der Waals surface area contributed by atoms with Crippen LogP contribution in [0.5, 0.6) is 5.75 Å². The number of hydrogen-bond acceptors (Lipinski definition) is 5. The molecule has 0 bridgehead atoms. The lowest BCUT2D eigenvalue weighted by atomic mass is 9.87. The van der Waals surface area contributed by atoms with E-state index in [9.17, 15) is 14.4 Å². The Hall–Kier alpha value is -3.26. The first-order chi connectivity index (χ1) is 16.8. The predicted molar refractivity (Wildman–Crippen MR) is 133 cm³/mol. The molecule has 186 valence electrons. The Morgan fingerprint density at radius 3 is 2.51 bits per heavy atom. The molecule has 0 saturated heterocycles. The second-order valence-corrected chi connectivity index (χ2v) is 9.59. The number of carboxylic acids is 1. The first-order valence-corrected chi connectivity index (χ1v) is 12.3. The predicted octanol–water partition coefficient (Wildman–Crippen LogP) is 3.55. The molecule has 0 spiro atoms. The average molecular weight is 500 g/mol. The van der Waals surface area contributed by atoms with Gasteiger partial charge in [0.1, 0.15) is 11.8 Å². The van der Waals surface area contributed by atoms with Crippen molar-refractivity contribution in [3.8, 4) is 5.75 Å². The number of ether oxygens (including phenoxy) is 1. The maximum absolute atomic E-state index is 12.6. The van der Waals surface area contributed by atoms with Crippen molar-refractivity contribution >= 4 is 35.1 Å². The molecule has 0 radical (unpaired) electrons. The summed E-state index contributed by atoms with van der Waals surface area (Å²) in [5.41, 5.74) is 3.26. The van der Waals surface area contributed by atoms with Crippen molar-refractivity contribution in [3.05, 3.63) is 58.1 Å². The summed E-state index contributed by atoms with van der Waals surface area (Å²) in [7, 11) is 0. The molecule has 9 heteroatoms. The number of amides is 2. The number of rotatable bonds is 8. The fraction of sp³-hybridized carbons (Fsp3) is 0.423. The number of carboxylic acid groups (broad SMARTS) is 1.